The number of anilines is 2. The van der Waals surface area contributed by atoms with Crippen molar-refractivity contribution >= 4 is 47.3 Å². The van der Waals surface area contributed by atoms with E-state index >= 15 is 4.39 Å². The maximum atomic E-state index is 15.9. The summed E-state index contributed by atoms with van der Waals surface area (Å²) in [7, 11) is 2.88. The van der Waals surface area contributed by atoms with Gasteiger partial charge in [-0.2, -0.15) is 9.97 Å². The number of carbonyl (C=O) groups excluding carboxylic acids is 1. The fraction of sp³-hybridized carbons (Fsp3) is 0.455. The van der Waals surface area contributed by atoms with Crippen molar-refractivity contribution in [2.75, 3.05) is 31.8 Å². The first-order chi connectivity index (χ1) is 18.0. The van der Waals surface area contributed by atoms with Gasteiger partial charge in [-0.15, -0.1) is 0 Å². The Labute approximate surface area is 223 Å². The number of esters is 1. The van der Waals surface area contributed by atoms with Crippen LogP contribution in [-0.2, 0) is 30.6 Å². The highest BCUT2D eigenvalue weighted by molar-refractivity contribution is 8.09. The number of halogens is 1. The van der Waals surface area contributed by atoms with Crippen LogP contribution >= 0.6 is 6.64 Å². The van der Waals surface area contributed by atoms with Gasteiger partial charge in [0.2, 0.25) is 5.95 Å². The number of nitrogen functional groups attached to an aromatic ring is 1. The molecule has 0 bridgehead atoms. The number of methoxy groups -OCH3 is 1. The Morgan fingerprint density at radius 1 is 1.39 bits per heavy atom. The molecule has 38 heavy (non-hydrogen) atoms. The SMILES string of the molecule is CNc1nc(N)nc2c1ncn2[C@@H]1O[C@H](CO[P@@](=S)(N[C@H](C)C(=O)OC)Oc2ccccc2)[C@@H](O)[C@@]1(C)F. The Hall–Kier alpha value is -2.94. The van der Waals surface area contributed by atoms with E-state index < -0.39 is 42.8 Å². The summed E-state index contributed by atoms with van der Waals surface area (Å²) in [5, 5.41) is 16.6. The van der Waals surface area contributed by atoms with Crippen molar-refractivity contribution in [3.63, 3.8) is 0 Å². The van der Waals surface area contributed by atoms with E-state index in [-0.39, 0.29) is 18.2 Å². The standard InChI is InChI=1S/C22H29FN7O6PS/c1-12(19(32)33-4)29-37(38,36-13-8-6-5-7-9-13)34-10-14-16(31)22(2,23)20(35-14)30-11-26-15-17(25-3)27-21(24)28-18(15)30/h5-9,11-12,14,16,20,31H,10H2,1-4H3,(H,29,38)(H3,24,25,27,28)/t12-,14-,16-,20-,22-,37+/m1/s1. The summed E-state index contributed by atoms with van der Waals surface area (Å²) in [4.78, 5) is 24.5. The molecule has 16 heteroatoms. The minimum atomic E-state index is -3.42. The quantitative estimate of drug-likeness (QED) is 0.207. The molecule has 3 aromatic rings. The van der Waals surface area contributed by atoms with E-state index in [0.29, 0.717) is 17.1 Å². The monoisotopic (exact) mass is 569 g/mol. The van der Waals surface area contributed by atoms with E-state index in [1.807, 2.05) is 0 Å². The summed E-state index contributed by atoms with van der Waals surface area (Å²) in [5.74, 6) is 0.119. The van der Waals surface area contributed by atoms with E-state index in [9.17, 15) is 9.90 Å². The molecule has 0 amide bonds. The van der Waals surface area contributed by atoms with Crippen LogP contribution in [0.1, 0.15) is 20.1 Å². The van der Waals surface area contributed by atoms with Crippen LogP contribution < -0.4 is 20.7 Å². The average Bonchev–Trinajstić information content (AvgIpc) is 3.39. The van der Waals surface area contributed by atoms with Gasteiger partial charge in [-0.3, -0.25) is 9.36 Å². The summed E-state index contributed by atoms with van der Waals surface area (Å²) in [6.45, 7) is -1.03. The van der Waals surface area contributed by atoms with Crippen molar-refractivity contribution in [3.05, 3.63) is 36.7 Å². The first-order valence-electron chi connectivity index (χ1n) is 11.5. The number of rotatable bonds is 10. The molecule has 1 aromatic carbocycles. The number of hydrogen-bond acceptors (Lipinski definition) is 12. The molecule has 0 radical (unpaired) electrons. The van der Waals surface area contributed by atoms with Crippen LogP contribution in [0.4, 0.5) is 16.2 Å². The van der Waals surface area contributed by atoms with Crippen molar-refractivity contribution in [3.8, 4) is 5.75 Å². The second-order valence-corrected chi connectivity index (χ2v) is 11.8. The largest absolute Gasteiger partial charge is 0.468 e. The van der Waals surface area contributed by atoms with Gasteiger partial charge < -0.3 is 34.7 Å². The summed E-state index contributed by atoms with van der Waals surface area (Å²) in [6.07, 6.45) is -2.77. The van der Waals surface area contributed by atoms with Crippen molar-refractivity contribution in [2.24, 2.45) is 0 Å². The fourth-order valence-corrected chi connectivity index (χ4v) is 6.40. The number of aromatic nitrogens is 4. The van der Waals surface area contributed by atoms with Gasteiger partial charge >= 0.3 is 12.6 Å². The summed E-state index contributed by atoms with van der Waals surface area (Å²) in [5.41, 5.74) is 4.10. The lowest BCUT2D eigenvalue weighted by Crippen LogP contribution is -2.41. The predicted molar refractivity (Wildman–Crippen MR) is 141 cm³/mol. The number of hydrogen-bond donors (Lipinski definition) is 4. The Balaban J connectivity index is 1.57. The van der Waals surface area contributed by atoms with Crippen LogP contribution in [-0.4, -0.2) is 75.3 Å². The minimum Gasteiger partial charge on any atom is -0.468 e. The molecular weight excluding hydrogens is 540 g/mol. The first kappa shape index (κ1) is 28.1. The molecule has 0 spiro atoms. The summed E-state index contributed by atoms with van der Waals surface area (Å²) >= 11 is 5.64. The minimum absolute atomic E-state index is 0.0489. The average molecular weight is 570 g/mol. The number of nitrogens with one attached hydrogen (secondary N) is 2. The Morgan fingerprint density at radius 2 is 2.11 bits per heavy atom. The second kappa shape index (κ2) is 11.0. The van der Waals surface area contributed by atoms with Crippen LogP contribution in [0.15, 0.2) is 36.7 Å². The van der Waals surface area contributed by atoms with Gasteiger partial charge in [0.25, 0.3) is 0 Å². The van der Waals surface area contributed by atoms with Crippen molar-refractivity contribution < 1.29 is 32.8 Å². The number of fused-ring (bicyclic) bond motifs is 1. The molecule has 0 unspecified atom stereocenters. The number of nitrogens with two attached hydrogens (primary N) is 1. The van der Waals surface area contributed by atoms with Gasteiger partial charge in [0.1, 0.15) is 24.0 Å². The molecule has 6 atom stereocenters. The highest BCUT2D eigenvalue weighted by Crippen LogP contribution is 2.48. The van der Waals surface area contributed by atoms with Crippen LogP contribution in [0.3, 0.4) is 0 Å². The number of nitrogens with zero attached hydrogens (tertiary/aromatic N) is 4. The maximum Gasteiger partial charge on any atom is 0.323 e. The lowest BCUT2D eigenvalue weighted by Gasteiger charge is -2.27. The van der Waals surface area contributed by atoms with Crippen LogP contribution in [0.5, 0.6) is 5.75 Å². The molecule has 1 saturated heterocycles. The molecular formula is C22H29FN7O6PS. The molecule has 3 heterocycles. The second-order valence-electron chi connectivity index (χ2n) is 8.70. The molecule has 5 N–H and O–H groups in total. The molecule has 1 aliphatic rings. The normalized spacial score (nSPS) is 25.6. The van der Waals surface area contributed by atoms with Gasteiger partial charge in [-0.05, 0) is 37.8 Å². The molecule has 0 aliphatic carbocycles. The van der Waals surface area contributed by atoms with Crippen LogP contribution in [0.25, 0.3) is 11.2 Å². The summed E-state index contributed by atoms with van der Waals surface area (Å²) < 4.78 is 39.8. The third kappa shape index (κ3) is 5.58. The molecule has 206 valence electrons. The zero-order valence-electron chi connectivity index (χ0n) is 21.1. The lowest BCUT2D eigenvalue weighted by atomic mass is 9.98. The van der Waals surface area contributed by atoms with Gasteiger partial charge in [0.15, 0.2) is 28.9 Å². The maximum absolute atomic E-state index is 15.9. The lowest BCUT2D eigenvalue weighted by molar-refractivity contribution is -0.142. The molecule has 1 fully saturated rings. The number of carbonyl (C=O) groups is 1. The fourth-order valence-electron chi connectivity index (χ4n) is 3.98. The van der Waals surface area contributed by atoms with Crippen molar-refractivity contribution in [2.45, 2.75) is 44.0 Å². The number of imidazole rings is 1. The smallest absolute Gasteiger partial charge is 0.323 e. The molecule has 1 aliphatic heterocycles. The third-order valence-electron chi connectivity index (χ3n) is 5.93. The number of aliphatic hydroxyl groups excluding tert-OH is 1. The molecule has 13 nitrogen and oxygen atoms in total. The van der Waals surface area contributed by atoms with Gasteiger partial charge in [-0.1, -0.05) is 18.2 Å². The van der Waals surface area contributed by atoms with E-state index in [1.165, 1.54) is 31.9 Å². The van der Waals surface area contributed by atoms with E-state index in [0.717, 1.165) is 0 Å². The Bertz CT molecular complexity index is 1350. The number of alkyl halides is 1. The number of para-hydroxylation sites is 1. The predicted octanol–water partition coefficient (Wildman–Crippen LogP) is 1.91. The van der Waals surface area contributed by atoms with Gasteiger partial charge in [-0.25, -0.2) is 14.5 Å². The molecule has 2 aromatic heterocycles. The highest BCUT2D eigenvalue weighted by atomic mass is 32.5. The van der Waals surface area contributed by atoms with Crippen molar-refractivity contribution in [1.82, 2.24) is 24.6 Å². The summed E-state index contributed by atoms with van der Waals surface area (Å²) in [6, 6.07) is 7.75. The van der Waals surface area contributed by atoms with E-state index in [4.69, 9.17) is 36.1 Å². The van der Waals surface area contributed by atoms with Gasteiger partial charge in [0, 0.05) is 7.05 Å². The zero-order chi connectivity index (χ0) is 27.7. The third-order valence-corrected chi connectivity index (χ3v) is 8.43. The van der Waals surface area contributed by atoms with E-state index in [1.54, 1.807) is 37.4 Å². The first-order valence-corrected chi connectivity index (χ1v) is 14.2. The van der Waals surface area contributed by atoms with Gasteiger partial charge in [0.05, 0.1) is 20.0 Å². The Kier molecular flexibility index (Phi) is 8.16. The van der Waals surface area contributed by atoms with Crippen LogP contribution in [0.2, 0.25) is 0 Å². The zero-order valence-corrected chi connectivity index (χ0v) is 22.8. The molecule has 4 rings (SSSR count). The number of aliphatic hydroxyl groups is 1. The highest BCUT2D eigenvalue weighted by Gasteiger charge is 2.55. The van der Waals surface area contributed by atoms with E-state index in [2.05, 4.69) is 25.4 Å². The Morgan fingerprint density at radius 3 is 2.76 bits per heavy atom. The topological polar surface area (TPSA) is 168 Å². The number of ether oxygens (including phenoxy) is 2. The number of benzene rings is 1. The molecule has 0 saturated carbocycles. The van der Waals surface area contributed by atoms with Crippen LogP contribution in [0, 0.1) is 0 Å². The van der Waals surface area contributed by atoms with Crippen molar-refractivity contribution in [1.29, 1.82) is 0 Å².